The molecule has 7 heterocycles. The Morgan fingerprint density at radius 2 is 1.64 bits per heavy atom. The molecule has 22 nitrogen and oxygen atoms in total. The molecule has 0 unspecified atom stereocenters. The summed E-state index contributed by atoms with van der Waals surface area (Å²) in [5.41, 5.74) is 3.76. The molecular formula is C45H51N9O13. The Labute approximate surface area is 380 Å². The third-order valence-corrected chi connectivity index (χ3v) is 13.3. The van der Waals surface area contributed by atoms with Crippen molar-refractivity contribution < 1.29 is 54.2 Å². The lowest BCUT2D eigenvalue weighted by Crippen LogP contribution is -2.71. The third-order valence-electron chi connectivity index (χ3n) is 13.3. The smallest absolute Gasteiger partial charge is 0.335 e. The number of likely N-dealkylation sites (N-methyl/N-ethyl adjacent to an activating group) is 1. The van der Waals surface area contributed by atoms with E-state index in [1.54, 1.807) is 23.6 Å². The Morgan fingerprint density at radius 1 is 0.955 bits per heavy atom. The number of aliphatic hydroxyl groups is 3. The van der Waals surface area contributed by atoms with Crippen molar-refractivity contribution in [2.45, 2.75) is 74.6 Å². The highest BCUT2D eigenvalue weighted by Gasteiger charge is 2.70. The summed E-state index contributed by atoms with van der Waals surface area (Å²) in [6.45, 7) is 2.45. The van der Waals surface area contributed by atoms with Crippen molar-refractivity contribution >= 4 is 57.3 Å². The number of aliphatic hydroxyl groups excluding tert-OH is 2. The van der Waals surface area contributed by atoms with Crippen LogP contribution in [0.4, 0.5) is 0 Å². The molecule has 8 atom stereocenters. The van der Waals surface area contributed by atoms with Crippen LogP contribution in [0.2, 0.25) is 0 Å². The predicted octanol–water partition coefficient (Wildman–Crippen LogP) is -1.16. The van der Waals surface area contributed by atoms with Crippen LogP contribution in [0, 0.1) is 5.92 Å². The summed E-state index contributed by atoms with van der Waals surface area (Å²) in [5.74, 6) is -7.30. The number of H-pyrrole nitrogens is 1. The quantitative estimate of drug-likeness (QED) is 0.101. The van der Waals surface area contributed by atoms with E-state index in [0.717, 1.165) is 33.2 Å². The number of nitrogens with zero attached hydrogens (tertiary/aromatic N) is 7. The highest BCUT2D eigenvalue weighted by atomic mass is 16.7. The van der Waals surface area contributed by atoms with Crippen LogP contribution < -0.4 is 16.6 Å². The van der Waals surface area contributed by atoms with Gasteiger partial charge in [-0.1, -0.05) is 48.5 Å². The number of aromatic amines is 1. The van der Waals surface area contributed by atoms with Crippen LogP contribution in [-0.2, 0) is 62.7 Å². The summed E-state index contributed by atoms with van der Waals surface area (Å²) in [6.07, 6.45) is 3.37. The van der Waals surface area contributed by atoms with E-state index in [0.29, 0.717) is 37.1 Å². The van der Waals surface area contributed by atoms with Gasteiger partial charge in [0.1, 0.15) is 12.1 Å². The van der Waals surface area contributed by atoms with Gasteiger partial charge in [0.2, 0.25) is 17.5 Å². The first-order valence-corrected chi connectivity index (χ1v) is 21.5. The Balaban J connectivity index is 0.000000208. The number of fused-ring (bicyclic) bond motifs is 6. The standard InChI is InChI=1S/C33H35N5O5.C8H10N4O2.C4H6O6/c1-32(35-29(39)21-15-23-22-10-6-11-24-28(22)20(17-34-24)16-25(23)36(2)18-21)31(41)38-26(14-19-8-4-3-5-9-19)30(40)37-13-7-12-27(37)33(38,42)43-32;1-10-4-9-6-5(10)7(13)12(3)8(14)11(6)2;5-1(3(7)8)2(6)4(9)10/h3-6,8-11,15,17,21,25-27,34,42H,7,12-14,16,18H2,1-2H3,(H,35,39);4H,1-3H3;1-2,5-6H,(H,7,8)(H,9,10)/t21-,25-,26+,27+,32-,33+;;1-,2+/m1../s1. The number of carbonyl (C=O) groups excluding carboxylic acids is 3. The lowest BCUT2D eigenvalue weighted by Gasteiger charge is -2.48. The number of aromatic nitrogens is 5. The van der Waals surface area contributed by atoms with Crippen LogP contribution in [0.5, 0.6) is 0 Å². The number of nitrogens with one attached hydrogen (secondary N) is 2. The number of carboxylic acids is 2. The average molecular weight is 926 g/mol. The van der Waals surface area contributed by atoms with Gasteiger partial charge < -0.3 is 45.3 Å². The highest BCUT2D eigenvalue weighted by Crippen LogP contribution is 2.46. The number of ether oxygens (including phenoxy) is 1. The number of hydrogen-bond acceptors (Lipinski definition) is 13. The summed E-state index contributed by atoms with van der Waals surface area (Å²) >= 11 is 0. The van der Waals surface area contributed by atoms with Crippen LogP contribution in [0.1, 0.15) is 36.5 Å². The fraction of sp³-hybridized carbons (Fsp3) is 0.422. The van der Waals surface area contributed by atoms with E-state index in [-0.39, 0.29) is 35.5 Å². The second kappa shape index (κ2) is 17.3. The SMILES string of the molecule is CN1C[C@H](C(=O)N[C@]2(C)O[C@@]3(O)[C@@H]4CCCN4C(=O)[C@H](Cc4ccccc4)N3C2=O)C=C2c3cccc4[nH]cc(c34)C[C@H]21.Cn1c(=O)c2c(ncn2C)n(C)c1=O.O=C(O)[C@@H](O)[C@@H](O)C(=O)O. The molecule has 2 aromatic carbocycles. The number of aryl methyl sites for hydroxylation is 2. The minimum atomic E-state index is -2.27. The summed E-state index contributed by atoms with van der Waals surface area (Å²) in [7, 11) is 6.79. The van der Waals surface area contributed by atoms with E-state index in [1.807, 2.05) is 49.5 Å². The van der Waals surface area contributed by atoms with Gasteiger partial charge in [0.15, 0.2) is 23.4 Å². The molecule has 3 saturated heterocycles. The largest absolute Gasteiger partial charge is 0.479 e. The maximum absolute atomic E-state index is 14.2. The van der Waals surface area contributed by atoms with Gasteiger partial charge in [-0.2, -0.15) is 0 Å². The first-order valence-electron chi connectivity index (χ1n) is 21.5. The van der Waals surface area contributed by atoms with E-state index in [1.165, 1.54) is 40.7 Å². The topological polar surface area (TPSA) is 295 Å². The molecule has 0 spiro atoms. The van der Waals surface area contributed by atoms with Gasteiger partial charge in [0, 0.05) is 63.8 Å². The molecular weight excluding hydrogens is 875 g/mol. The maximum Gasteiger partial charge on any atom is 0.335 e. The number of aliphatic carboxylic acids is 2. The summed E-state index contributed by atoms with van der Waals surface area (Å²) in [6, 6.07) is 14.1. The summed E-state index contributed by atoms with van der Waals surface area (Å²) in [4.78, 5) is 96.9. The number of imidazole rings is 1. The maximum atomic E-state index is 14.2. The van der Waals surface area contributed by atoms with Gasteiger partial charge in [0.25, 0.3) is 17.4 Å². The Bertz CT molecular complexity index is 2960. The second-order valence-corrected chi connectivity index (χ2v) is 17.6. The first kappa shape index (κ1) is 46.5. The number of carbonyl (C=O) groups is 5. The molecule has 0 saturated carbocycles. The molecule has 4 aliphatic heterocycles. The molecule has 0 bridgehead atoms. The molecule has 3 amide bonds. The van der Waals surface area contributed by atoms with Crippen LogP contribution >= 0.6 is 0 Å². The molecule has 3 fully saturated rings. The van der Waals surface area contributed by atoms with E-state index in [2.05, 4.69) is 38.5 Å². The van der Waals surface area contributed by atoms with Gasteiger partial charge in [-0.05, 0) is 61.6 Å². The fourth-order valence-electron chi connectivity index (χ4n) is 9.86. The molecule has 5 aliphatic rings. The van der Waals surface area contributed by atoms with Crippen LogP contribution in [-0.4, -0.2) is 156 Å². The van der Waals surface area contributed by atoms with E-state index < -0.39 is 59.7 Å². The summed E-state index contributed by atoms with van der Waals surface area (Å²) in [5, 5.41) is 48.6. The van der Waals surface area contributed by atoms with Gasteiger partial charge >= 0.3 is 17.6 Å². The zero-order valence-electron chi connectivity index (χ0n) is 37.2. The predicted molar refractivity (Wildman–Crippen MR) is 236 cm³/mol. The van der Waals surface area contributed by atoms with Crippen molar-refractivity contribution in [3.63, 3.8) is 0 Å². The fourth-order valence-corrected chi connectivity index (χ4v) is 9.86. The minimum Gasteiger partial charge on any atom is -0.479 e. The van der Waals surface area contributed by atoms with Crippen molar-refractivity contribution in [1.29, 1.82) is 0 Å². The Kier molecular flexibility index (Phi) is 12.1. The summed E-state index contributed by atoms with van der Waals surface area (Å²) < 4.78 is 10.3. The second-order valence-electron chi connectivity index (χ2n) is 17.6. The van der Waals surface area contributed by atoms with Crippen molar-refractivity contribution in [2.75, 3.05) is 20.1 Å². The monoisotopic (exact) mass is 925 g/mol. The number of benzene rings is 2. The number of hydrogen-bond donors (Lipinski definition) is 7. The first-order chi connectivity index (χ1) is 31.7. The minimum absolute atomic E-state index is 0.144. The molecule has 22 heteroatoms. The number of rotatable bonds is 7. The zero-order chi connectivity index (χ0) is 48.4. The van der Waals surface area contributed by atoms with Crippen molar-refractivity contribution in [1.82, 2.24) is 43.7 Å². The Hall–Kier alpha value is -6.98. The lowest BCUT2D eigenvalue weighted by molar-refractivity contribution is -0.315. The molecule has 10 rings (SSSR count). The number of amides is 3. The lowest BCUT2D eigenvalue weighted by atomic mass is 9.79. The van der Waals surface area contributed by atoms with Crippen LogP contribution in [0.3, 0.4) is 0 Å². The van der Waals surface area contributed by atoms with Gasteiger partial charge in [0.05, 0.1) is 12.2 Å². The van der Waals surface area contributed by atoms with E-state index in [4.69, 9.17) is 25.2 Å². The third kappa shape index (κ3) is 7.88. The zero-order valence-corrected chi connectivity index (χ0v) is 37.2. The number of piperazine rings is 1. The van der Waals surface area contributed by atoms with E-state index in [9.17, 15) is 38.7 Å². The van der Waals surface area contributed by atoms with Gasteiger partial charge in [-0.3, -0.25) is 42.8 Å². The van der Waals surface area contributed by atoms with Gasteiger partial charge in [-0.25, -0.2) is 19.4 Å². The number of carboxylic acid groups (broad SMARTS) is 2. The van der Waals surface area contributed by atoms with Crippen molar-refractivity contribution in [3.05, 3.63) is 105 Å². The molecule has 1 aliphatic carbocycles. The van der Waals surface area contributed by atoms with E-state index >= 15 is 0 Å². The van der Waals surface area contributed by atoms with Crippen molar-refractivity contribution in [2.24, 2.45) is 27.1 Å². The molecule has 3 aromatic heterocycles. The molecule has 7 N–H and O–H groups in total. The Morgan fingerprint density at radius 3 is 2.31 bits per heavy atom. The average Bonchev–Trinajstić information content (AvgIpc) is 4.10. The molecule has 5 aromatic rings. The highest BCUT2D eigenvalue weighted by molar-refractivity contribution is 6.01. The van der Waals surface area contributed by atoms with Gasteiger partial charge in [-0.15, -0.1) is 0 Å². The van der Waals surface area contributed by atoms with Crippen LogP contribution in [0.15, 0.2) is 76.7 Å². The molecule has 354 valence electrons. The normalized spacial score (nSPS) is 26.1. The van der Waals surface area contributed by atoms with Crippen LogP contribution in [0.25, 0.3) is 27.6 Å². The molecule has 67 heavy (non-hydrogen) atoms. The van der Waals surface area contributed by atoms with Crippen molar-refractivity contribution in [3.8, 4) is 0 Å². The molecule has 0 radical (unpaired) electrons.